The van der Waals surface area contributed by atoms with Crippen molar-refractivity contribution in [1.82, 2.24) is 15.0 Å². The van der Waals surface area contributed by atoms with Crippen LogP contribution in [0.5, 0.6) is 0 Å². The van der Waals surface area contributed by atoms with Crippen molar-refractivity contribution < 1.29 is 4.79 Å². The Morgan fingerprint density at radius 1 is 1.29 bits per heavy atom. The highest BCUT2D eigenvalue weighted by atomic mass is 32.1. The minimum Gasteiger partial charge on any atom is -0.345 e. The molecule has 3 aromatic rings. The summed E-state index contributed by atoms with van der Waals surface area (Å²) >= 11 is 1.60. The van der Waals surface area contributed by atoms with Crippen molar-refractivity contribution in [3.63, 3.8) is 0 Å². The third-order valence-corrected chi connectivity index (χ3v) is 4.82. The standard InChI is InChI=1S/C15H14N4OS/c20-14(9-5-6-10-12(7-9)17-8-16-10)19-15-18-11-3-1-2-4-13(11)21-15/h5-8H,1-4H2,(H,16,17)(H,18,19,20). The normalized spacial score (nSPS) is 14.1. The van der Waals surface area contributed by atoms with Gasteiger partial charge in [0.25, 0.3) is 5.91 Å². The van der Waals surface area contributed by atoms with E-state index < -0.39 is 0 Å². The SMILES string of the molecule is O=C(Nc1nc2c(s1)CCCC2)c1ccc2nc[nH]c2c1. The molecule has 21 heavy (non-hydrogen) atoms. The number of rotatable bonds is 2. The Morgan fingerprint density at radius 3 is 3.10 bits per heavy atom. The van der Waals surface area contributed by atoms with E-state index in [1.54, 1.807) is 23.7 Å². The summed E-state index contributed by atoms with van der Waals surface area (Å²) in [6, 6.07) is 5.44. The van der Waals surface area contributed by atoms with E-state index in [1.165, 1.54) is 17.7 Å². The summed E-state index contributed by atoms with van der Waals surface area (Å²) in [5.74, 6) is -0.127. The molecule has 5 nitrogen and oxygen atoms in total. The first-order chi connectivity index (χ1) is 10.3. The van der Waals surface area contributed by atoms with Crippen LogP contribution in [0.4, 0.5) is 5.13 Å². The van der Waals surface area contributed by atoms with Crippen molar-refractivity contribution in [3.8, 4) is 0 Å². The first-order valence-electron chi connectivity index (χ1n) is 7.03. The second-order valence-corrected chi connectivity index (χ2v) is 6.27. The maximum Gasteiger partial charge on any atom is 0.257 e. The van der Waals surface area contributed by atoms with Gasteiger partial charge in [-0.15, -0.1) is 11.3 Å². The van der Waals surface area contributed by atoms with E-state index in [2.05, 4.69) is 20.3 Å². The zero-order valence-corrected chi connectivity index (χ0v) is 12.2. The monoisotopic (exact) mass is 298 g/mol. The number of aromatic amines is 1. The molecule has 6 heteroatoms. The van der Waals surface area contributed by atoms with Crippen molar-refractivity contribution in [2.24, 2.45) is 0 Å². The van der Waals surface area contributed by atoms with Gasteiger partial charge in [0, 0.05) is 10.4 Å². The van der Waals surface area contributed by atoms with Gasteiger partial charge < -0.3 is 4.98 Å². The fourth-order valence-electron chi connectivity index (χ4n) is 2.65. The number of hydrogen-bond donors (Lipinski definition) is 2. The average Bonchev–Trinajstić information content (AvgIpc) is 3.11. The molecule has 0 unspecified atom stereocenters. The van der Waals surface area contributed by atoms with E-state index in [9.17, 15) is 4.79 Å². The van der Waals surface area contributed by atoms with Gasteiger partial charge in [0.1, 0.15) is 0 Å². The molecule has 0 bridgehead atoms. The zero-order chi connectivity index (χ0) is 14.2. The zero-order valence-electron chi connectivity index (χ0n) is 11.3. The lowest BCUT2D eigenvalue weighted by atomic mass is 10.0. The highest BCUT2D eigenvalue weighted by Crippen LogP contribution is 2.29. The molecule has 1 aromatic carbocycles. The lowest BCUT2D eigenvalue weighted by Gasteiger charge is -2.06. The van der Waals surface area contributed by atoms with E-state index in [-0.39, 0.29) is 5.91 Å². The minimum absolute atomic E-state index is 0.127. The van der Waals surface area contributed by atoms with Gasteiger partial charge in [-0.2, -0.15) is 0 Å². The Balaban J connectivity index is 1.58. The van der Waals surface area contributed by atoms with E-state index in [0.717, 1.165) is 29.6 Å². The highest BCUT2D eigenvalue weighted by Gasteiger charge is 2.17. The van der Waals surface area contributed by atoms with Crippen LogP contribution in [0.2, 0.25) is 0 Å². The summed E-state index contributed by atoms with van der Waals surface area (Å²) < 4.78 is 0. The number of hydrogen-bond acceptors (Lipinski definition) is 4. The molecule has 2 N–H and O–H groups in total. The number of aryl methyl sites for hydroxylation is 2. The van der Waals surface area contributed by atoms with Gasteiger partial charge in [0.05, 0.1) is 23.1 Å². The predicted molar refractivity (Wildman–Crippen MR) is 82.8 cm³/mol. The van der Waals surface area contributed by atoms with Crippen LogP contribution in [0.1, 0.15) is 33.8 Å². The number of imidazole rings is 1. The lowest BCUT2D eigenvalue weighted by Crippen LogP contribution is -2.11. The molecule has 1 amide bonds. The smallest absolute Gasteiger partial charge is 0.257 e. The summed E-state index contributed by atoms with van der Waals surface area (Å²) in [5, 5.41) is 3.61. The van der Waals surface area contributed by atoms with Crippen molar-refractivity contribution >= 4 is 33.4 Å². The van der Waals surface area contributed by atoms with Crippen molar-refractivity contribution in [3.05, 3.63) is 40.7 Å². The summed E-state index contributed by atoms with van der Waals surface area (Å²) in [7, 11) is 0. The van der Waals surface area contributed by atoms with E-state index in [1.807, 2.05) is 12.1 Å². The van der Waals surface area contributed by atoms with Crippen LogP contribution in [0, 0.1) is 0 Å². The van der Waals surface area contributed by atoms with Crippen LogP contribution in [-0.2, 0) is 12.8 Å². The number of fused-ring (bicyclic) bond motifs is 2. The minimum atomic E-state index is -0.127. The molecular weight excluding hydrogens is 284 g/mol. The Bertz CT molecular complexity index is 797. The second kappa shape index (κ2) is 4.96. The van der Waals surface area contributed by atoms with Gasteiger partial charge in [-0.3, -0.25) is 10.1 Å². The van der Waals surface area contributed by atoms with Crippen molar-refractivity contribution in [1.29, 1.82) is 0 Å². The number of benzene rings is 1. The lowest BCUT2D eigenvalue weighted by molar-refractivity contribution is 0.102. The molecule has 1 aliphatic rings. The van der Waals surface area contributed by atoms with Gasteiger partial charge in [0.2, 0.25) is 0 Å². The van der Waals surface area contributed by atoms with Gasteiger partial charge in [0.15, 0.2) is 5.13 Å². The Kier molecular flexibility index (Phi) is 2.96. The Labute approximate surface area is 125 Å². The van der Waals surface area contributed by atoms with E-state index in [4.69, 9.17) is 0 Å². The first-order valence-corrected chi connectivity index (χ1v) is 7.84. The maximum absolute atomic E-state index is 12.3. The molecule has 0 saturated carbocycles. The molecule has 0 spiro atoms. The van der Waals surface area contributed by atoms with Crippen LogP contribution < -0.4 is 5.32 Å². The number of thiazole rings is 1. The maximum atomic E-state index is 12.3. The molecule has 0 fully saturated rings. The molecule has 4 rings (SSSR count). The first kappa shape index (κ1) is 12.5. The molecule has 0 aliphatic heterocycles. The number of anilines is 1. The summed E-state index contributed by atoms with van der Waals surface area (Å²) in [5.41, 5.74) is 3.49. The molecule has 2 aromatic heterocycles. The molecule has 0 radical (unpaired) electrons. The second-order valence-electron chi connectivity index (χ2n) is 5.18. The molecule has 1 aliphatic carbocycles. The quantitative estimate of drug-likeness (QED) is 0.763. The van der Waals surface area contributed by atoms with Crippen molar-refractivity contribution in [2.45, 2.75) is 25.7 Å². The number of nitrogens with one attached hydrogen (secondary N) is 2. The number of carbonyl (C=O) groups is 1. The summed E-state index contributed by atoms with van der Waals surface area (Å²) in [6.45, 7) is 0. The van der Waals surface area contributed by atoms with E-state index in [0.29, 0.717) is 10.7 Å². The molecular formula is C15H14N4OS. The topological polar surface area (TPSA) is 70.7 Å². The average molecular weight is 298 g/mol. The van der Waals surface area contributed by atoms with Gasteiger partial charge in [-0.1, -0.05) is 0 Å². The third kappa shape index (κ3) is 2.31. The molecule has 0 atom stereocenters. The molecule has 0 saturated heterocycles. The van der Waals surface area contributed by atoms with E-state index >= 15 is 0 Å². The highest BCUT2D eigenvalue weighted by molar-refractivity contribution is 7.15. The number of amides is 1. The molecule has 106 valence electrons. The fourth-order valence-corrected chi connectivity index (χ4v) is 3.70. The Hall–Kier alpha value is -2.21. The fraction of sp³-hybridized carbons (Fsp3) is 0.267. The Morgan fingerprint density at radius 2 is 2.19 bits per heavy atom. The summed E-state index contributed by atoms with van der Waals surface area (Å²) in [4.78, 5) is 25.3. The van der Waals surface area contributed by atoms with Crippen LogP contribution >= 0.6 is 11.3 Å². The largest absolute Gasteiger partial charge is 0.345 e. The van der Waals surface area contributed by atoms with Crippen molar-refractivity contribution in [2.75, 3.05) is 5.32 Å². The van der Waals surface area contributed by atoms with Crippen LogP contribution in [-0.4, -0.2) is 20.9 Å². The van der Waals surface area contributed by atoms with Crippen LogP contribution in [0.25, 0.3) is 11.0 Å². The van der Waals surface area contributed by atoms with Gasteiger partial charge >= 0.3 is 0 Å². The summed E-state index contributed by atoms with van der Waals surface area (Å²) in [6.07, 6.45) is 6.16. The number of aromatic nitrogens is 3. The number of nitrogens with zero attached hydrogens (tertiary/aromatic N) is 2. The predicted octanol–water partition coefficient (Wildman–Crippen LogP) is 3.15. The molecule has 2 heterocycles. The van der Waals surface area contributed by atoms with Gasteiger partial charge in [-0.05, 0) is 43.9 Å². The third-order valence-electron chi connectivity index (χ3n) is 3.75. The van der Waals surface area contributed by atoms with Crippen LogP contribution in [0.15, 0.2) is 24.5 Å². The number of H-pyrrole nitrogens is 1. The number of carbonyl (C=O) groups excluding carboxylic acids is 1. The van der Waals surface area contributed by atoms with Crippen LogP contribution in [0.3, 0.4) is 0 Å². The van der Waals surface area contributed by atoms with Gasteiger partial charge in [-0.25, -0.2) is 9.97 Å².